The zero-order valence-corrected chi connectivity index (χ0v) is 17.5. The maximum atomic E-state index is 13.1. The minimum atomic E-state index is -0.304. The van der Waals surface area contributed by atoms with Crippen molar-refractivity contribution in [2.24, 2.45) is 0 Å². The summed E-state index contributed by atoms with van der Waals surface area (Å²) in [5.74, 6) is -0.0336. The molecule has 3 heterocycles. The van der Waals surface area contributed by atoms with E-state index in [-0.39, 0.29) is 11.7 Å². The number of carbonyl (C=O) groups excluding carboxylic acids is 1. The van der Waals surface area contributed by atoms with Gasteiger partial charge in [0.15, 0.2) is 5.69 Å². The van der Waals surface area contributed by atoms with Crippen LogP contribution in [0.2, 0.25) is 5.02 Å². The second-order valence-corrected chi connectivity index (χ2v) is 8.85. The summed E-state index contributed by atoms with van der Waals surface area (Å²) >= 11 is 7.77. The molecule has 5 rings (SSSR count). The van der Waals surface area contributed by atoms with Crippen LogP contribution < -0.4 is 0 Å². The quantitative estimate of drug-likeness (QED) is 0.434. The fraction of sp³-hybridized carbons (Fsp3) is 0.227. The Morgan fingerprint density at radius 2 is 1.87 bits per heavy atom. The predicted octanol–water partition coefficient (Wildman–Crippen LogP) is 5.29. The van der Waals surface area contributed by atoms with E-state index in [1.807, 2.05) is 23.1 Å². The Morgan fingerprint density at radius 3 is 2.63 bits per heavy atom. The van der Waals surface area contributed by atoms with Gasteiger partial charge in [0.05, 0.1) is 20.9 Å². The number of hydrogen-bond acceptors (Lipinski definition) is 4. The van der Waals surface area contributed by atoms with Gasteiger partial charge in [0.1, 0.15) is 5.82 Å². The van der Waals surface area contributed by atoms with Crippen molar-refractivity contribution in [3.63, 3.8) is 0 Å². The first-order chi connectivity index (χ1) is 14.6. The molecule has 1 saturated heterocycles. The standard InChI is InChI=1S/C22H18ClFN4OS/c23-15-1-6-20-19(13-15)25-21(30-20)14-7-10-27(11-8-14)22(29)18-9-12-28(26-18)17-4-2-16(24)3-5-17/h1-6,9,12-14H,7-8,10-11H2. The number of piperidine rings is 1. The number of thiazole rings is 1. The zero-order chi connectivity index (χ0) is 20.7. The number of carbonyl (C=O) groups is 1. The normalized spacial score (nSPS) is 15.1. The number of fused-ring (bicyclic) bond motifs is 1. The van der Waals surface area contributed by atoms with Crippen molar-refractivity contribution in [3.8, 4) is 5.69 Å². The van der Waals surface area contributed by atoms with E-state index in [0.717, 1.165) is 28.1 Å². The van der Waals surface area contributed by atoms with Crippen LogP contribution in [-0.4, -0.2) is 38.7 Å². The summed E-state index contributed by atoms with van der Waals surface area (Å²) in [6.07, 6.45) is 3.47. The highest BCUT2D eigenvalue weighted by atomic mass is 35.5. The molecule has 1 aliphatic heterocycles. The molecule has 0 spiro atoms. The monoisotopic (exact) mass is 440 g/mol. The summed E-state index contributed by atoms with van der Waals surface area (Å²) in [5.41, 5.74) is 2.05. The molecule has 4 aromatic rings. The van der Waals surface area contributed by atoms with E-state index in [4.69, 9.17) is 16.6 Å². The third kappa shape index (κ3) is 3.70. The highest BCUT2D eigenvalue weighted by Crippen LogP contribution is 2.35. The molecule has 0 bridgehead atoms. The van der Waals surface area contributed by atoms with Gasteiger partial charge in [-0.1, -0.05) is 11.6 Å². The number of rotatable bonds is 3. The van der Waals surface area contributed by atoms with Gasteiger partial charge in [-0.15, -0.1) is 11.3 Å². The average molecular weight is 441 g/mol. The molecule has 8 heteroatoms. The molecule has 152 valence electrons. The Hall–Kier alpha value is -2.77. The van der Waals surface area contributed by atoms with Gasteiger partial charge in [-0.3, -0.25) is 4.79 Å². The lowest BCUT2D eigenvalue weighted by Gasteiger charge is -2.30. The SMILES string of the molecule is O=C(c1ccn(-c2ccc(F)cc2)n1)N1CCC(c2nc3cc(Cl)ccc3s2)CC1. The van der Waals surface area contributed by atoms with Crippen LogP contribution in [0, 0.1) is 5.82 Å². The van der Waals surface area contributed by atoms with Crippen LogP contribution >= 0.6 is 22.9 Å². The molecule has 2 aromatic heterocycles. The third-order valence-electron chi connectivity index (χ3n) is 5.40. The van der Waals surface area contributed by atoms with Crippen LogP contribution in [0.25, 0.3) is 15.9 Å². The highest BCUT2D eigenvalue weighted by Gasteiger charge is 2.27. The summed E-state index contributed by atoms with van der Waals surface area (Å²) in [4.78, 5) is 19.5. The fourth-order valence-electron chi connectivity index (χ4n) is 3.76. The first kappa shape index (κ1) is 19.2. The van der Waals surface area contributed by atoms with Crippen molar-refractivity contribution in [1.82, 2.24) is 19.7 Å². The summed E-state index contributed by atoms with van der Waals surface area (Å²) in [6, 6.07) is 13.5. The second kappa shape index (κ2) is 7.81. The molecular weight excluding hydrogens is 423 g/mol. The van der Waals surface area contributed by atoms with Gasteiger partial charge in [-0.2, -0.15) is 5.10 Å². The molecule has 0 aliphatic carbocycles. The summed E-state index contributed by atoms with van der Waals surface area (Å²) in [7, 11) is 0. The maximum absolute atomic E-state index is 13.1. The average Bonchev–Trinajstić information content (AvgIpc) is 3.41. The van der Waals surface area contributed by atoms with E-state index >= 15 is 0 Å². The number of benzene rings is 2. The van der Waals surface area contributed by atoms with Gasteiger partial charge in [-0.05, 0) is 61.4 Å². The predicted molar refractivity (Wildman–Crippen MR) is 116 cm³/mol. The molecule has 2 aromatic carbocycles. The molecule has 0 atom stereocenters. The van der Waals surface area contributed by atoms with Gasteiger partial charge < -0.3 is 4.90 Å². The molecule has 0 saturated carbocycles. The van der Waals surface area contributed by atoms with Crippen LogP contribution in [0.15, 0.2) is 54.7 Å². The number of hydrogen-bond donors (Lipinski definition) is 0. The maximum Gasteiger partial charge on any atom is 0.274 e. The van der Waals surface area contributed by atoms with Crippen molar-refractivity contribution in [1.29, 1.82) is 0 Å². The minimum Gasteiger partial charge on any atom is -0.337 e. The largest absolute Gasteiger partial charge is 0.337 e. The van der Waals surface area contributed by atoms with Gasteiger partial charge in [0.2, 0.25) is 0 Å². The van der Waals surface area contributed by atoms with E-state index in [1.54, 1.807) is 40.4 Å². The highest BCUT2D eigenvalue weighted by molar-refractivity contribution is 7.18. The lowest BCUT2D eigenvalue weighted by Crippen LogP contribution is -2.38. The van der Waals surface area contributed by atoms with Crippen LogP contribution in [0.3, 0.4) is 0 Å². The van der Waals surface area contributed by atoms with Gasteiger partial charge in [0, 0.05) is 30.2 Å². The van der Waals surface area contributed by atoms with Gasteiger partial charge in [-0.25, -0.2) is 14.1 Å². The zero-order valence-electron chi connectivity index (χ0n) is 16.0. The van der Waals surface area contributed by atoms with E-state index in [9.17, 15) is 9.18 Å². The first-order valence-electron chi connectivity index (χ1n) is 9.74. The molecule has 0 radical (unpaired) electrons. The summed E-state index contributed by atoms with van der Waals surface area (Å²) < 4.78 is 15.8. The number of halogens is 2. The van der Waals surface area contributed by atoms with Crippen molar-refractivity contribution in [2.45, 2.75) is 18.8 Å². The minimum absolute atomic E-state index is 0.0783. The van der Waals surface area contributed by atoms with Crippen molar-refractivity contribution in [2.75, 3.05) is 13.1 Å². The fourth-order valence-corrected chi connectivity index (χ4v) is 5.04. The Bertz CT molecular complexity index is 1210. The number of nitrogens with zero attached hydrogens (tertiary/aromatic N) is 4. The van der Waals surface area contributed by atoms with Gasteiger partial charge >= 0.3 is 0 Å². The van der Waals surface area contributed by atoms with E-state index < -0.39 is 0 Å². The number of amides is 1. The van der Waals surface area contributed by atoms with Crippen LogP contribution in [0.1, 0.15) is 34.3 Å². The number of likely N-dealkylation sites (tertiary alicyclic amines) is 1. The van der Waals surface area contributed by atoms with Crippen LogP contribution in [0.5, 0.6) is 0 Å². The Balaban J connectivity index is 1.26. The Kier molecular flexibility index (Phi) is 5.00. The number of aromatic nitrogens is 3. The van der Waals surface area contributed by atoms with Crippen LogP contribution in [-0.2, 0) is 0 Å². The van der Waals surface area contributed by atoms with E-state index in [0.29, 0.717) is 35.4 Å². The molecule has 1 aliphatic rings. The first-order valence-corrected chi connectivity index (χ1v) is 10.9. The topological polar surface area (TPSA) is 51.0 Å². The Morgan fingerprint density at radius 1 is 1.10 bits per heavy atom. The second-order valence-electron chi connectivity index (χ2n) is 7.35. The molecule has 0 N–H and O–H groups in total. The molecule has 0 unspecified atom stereocenters. The van der Waals surface area contributed by atoms with Crippen molar-refractivity contribution < 1.29 is 9.18 Å². The molecular formula is C22H18ClFN4OS. The van der Waals surface area contributed by atoms with Crippen molar-refractivity contribution in [3.05, 3.63) is 76.3 Å². The third-order valence-corrected chi connectivity index (χ3v) is 6.83. The Labute approximate surface area is 181 Å². The van der Waals surface area contributed by atoms with Gasteiger partial charge in [0.25, 0.3) is 5.91 Å². The lowest BCUT2D eigenvalue weighted by atomic mass is 9.97. The van der Waals surface area contributed by atoms with Crippen LogP contribution in [0.4, 0.5) is 4.39 Å². The van der Waals surface area contributed by atoms with Crippen molar-refractivity contribution >= 4 is 39.1 Å². The lowest BCUT2D eigenvalue weighted by molar-refractivity contribution is 0.0706. The molecule has 30 heavy (non-hydrogen) atoms. The van der Waals surface area contributed by atoms with E-state index in [2.05, 4.69) is 5.10 Å². The summed E-state index contributed by atoms with van der Waals surface area (Å²) in [5, 5.41) is 6.19. The molecule has 5 nitrogen and oxygen atoms in total. The molecule has 1 fully saturated rings. The van der Waals surface area contributed by atoms with E-state index in [1.165, 1.54) is 12.1 Å². The summed E-state index contributed by atoms with van der Waals surface area (Å²) in [6.45, 7) is 1.34. The molecule has 1 amide bonds. The smallest absolute Gasteiger partial charge is 0.274 e.